The number of carbonyl (C=O) groups excluding carboxylic acids is 1. The Balaban J connectivity index is 0.000000861. The highest BCUT2D eigenvalue weighted by Crippen LogP contribution is 2.26. The van der Waals surface area contributed by atoms with E-state index in [1.54, 1.807) is 12.1 Å². The Hall–Kier alpha value is -2.50. The fourth-order valence-corrected chi connectivity index (χ4v) is 1.63. The lowest BCUT2D eigenvalue weighted by Gasteiger charge is -2.04. The summed E-state index contributed by atoms with van der Waals surface area (Å²) in [7, 11) is 1.50. The molecule has 1 aromatic heterocycles. The second-order valence-electron chi connectivity index (χ2n) is 3.37. The van der Waals surface area contributed by atoms with Crippen molar-refractivity contribution in [3.05, 3.63) is 46.1 Å². The fraction of sp³-hybridized carbons (Fsp3) is 0.231. The topological polar surface area (TPSA) is 85.1 Å². The molecule has 100 valence electrons. The number of nitro groups is 1. The van der Waals surface area contributed by atoms with Crippen LogP contribution < -0.4 is 5.32 Å². The molecule has 0 radical (unpaired) electrons. The van der Waals surface area contributed by atoms with E-state index in [0.29, 0.717) is 16.5 Å². The van der Waals surface area contributed by atoms with Crippen molar-refractivity contribution in [1.82, 2.24) is 10.3 Å². The van der Waals surface area contributed by atoms with E-state index < -0.39 is 4.92 Å². The monoisotopic (exact) mass is 261 g/mol. The Labute approximate surface area is 110 Å². The van der Waals surface area contributed by atoms with Crippen LogP contribution in [0.1, 0.15) is 24.2 Å². The van der Waals surface area contributed by atoms with E-state index in [0.717, 1.165) is 0 Å². The molecule has 1 aromatic carbocycles. The van der Waals surface area contributed by atoms with Gasteiger partial charge < -0.3 is 5.32 Å². The van der Waals surface area contributed by atoms with Crippen molar-refractivity contribution in [2.24, 2.45) is 0 Å². The number of aromatic nitrogens is 1. The van der Waals surface area contributed by atoms with Gasteiger partial charge in [0.15, 0.2) is 0 Å². The first kappa shape index (κ1) is 14.6. The molecule has 0 saturated heterocycles. The molecule has 0 fully saturated rings. The van der Waals surface area contributed by atoms with Crippen molar-refractivity contribution >= 4 is 22.5 Å². The number of nitro benzene ring substituents is 1. The maximum Gasteiger partial charge on any atom is 0.278 e. The summed E-state index contributed by atoms with van der Waals surface area (Å²) >= 11 is 0. The molecule has 0 aliphatic heterocycles. The van der Waals surface area contributed by atoms with Crippen molar-refractivity contribution in [1.29, 1.82) is 0 Å². The third-order valence-corrected chi connectivity index (χ3v) is 2.42. The fourth-order valence-electron chi connectivity index (χ4n) is 1.63. The van der Waals surface area contributed by atoms with Crippen LogP contribution in [0.3, 0.4) is 0 Å². The summed E-state index contributed by atoms with van der Waals surface area (Å²) in [5.74, 6) is -0.316. The molecule has 19 heavy (non-hydrogen) atoms. The molecular weight excluding hydrogens is 246 g/mol. The Kier molecular flexibility index (Phi) is 4.93. The molecular formula is C13H15N3O3. The first-order valence-electron chi connectivity index (χ1n) is 5.89. The van der Waals surface area contributed by atoms with Crippen molar-refractivity contribution in [3.63, 3.8) is 0 Å². The molecule has 6 heteroatoms. The van der Waals surface area contributed by atoms with Crippen molar-refractivity contribution in [3.8, 4) is 0 Å². The molecule has 6 nitrogen and oxygen atoms in total. The number of amides is 1. The van der Waals surface area contributed by atoms with Crippen LogP contribution in [0.2, 0.25) is 0 Å². The first-order chi connectivity index (χ1) is 9.15. The number of carbonyl (C=O) groups is 1. The third kappa shape index (κ3) is 2.85. The van der Waals surface area contributed by atoms with Gasteiger partial charge in [0.05, 0.1) is 21.4 Å². The minimum absolute atomic E-state index is 0.0549. The normalized spacial score (nSPS) is 9.42. The molecule has 0 aliphatic rings. The molecule has 1 amide bonds. The van der Waals surface area contributed by atoms with Crippen LogP contribution in [0, 0.1) is 10.1 Å². The van der Waals surface area contributed by atoms with E-state index in [1.165, 1.54) is 25.4 Å². The number of benzene rings is 1. The predicted molar refractivity (Wildman–Crippen MR) is 73.1 cm³/mol. The smallest absolute Gasteiger partial charge is 0.278 e. The minimum Gasteiger partial charge on any atom is -0.355 e. The highest BCUT2D eigenvalue weighted by molar-refractivity contribution is 6.07. The summed E-state index contributed by atoms with van der Waals surface area (Å²) in [5, 5.41) is 13.7. The van der Waals surface area contributed by atoms with Gasteiger partial charge in [0.25, 0.3) is 11.6 Å². The molecule has 0 aliphatic carbocycles. The summed E-state index contributed by atoms with van der Waals surface area (Å²) in [6.45, 7) is 4.00. The average Bonchev–Trinajstić information content (AvgIpc) is 2.47. The lowest BCUT2D eigenvalue weighted by Crippen LogP contribution is -2.18. The number of hydrogen-bond acceptors (Lipinski definition) is 4. The Morgan fingerprint density at radius 2 is 2.00 bits per heavy atom. The van der Waals surface area contributed by atoms with Crippen molar-refractivity contribution in [2.45, 2.75) is 13.8 Å². The number of nitrogens with zero attached hydrogens (tertiary/aromatic N) is 2. The zero-order valence-corrected chi connectivity index (χ0v) is 11.0. The molecule has 2 aromatic rings. The van der Waals surface area contributed by atoms with Gasteiger partial charge in [-0.2, -0.15) is 0 Å². The molecule has 1 N–H and O–H groups in total. The average molecular weight is 261 g/mol. The summed E-state index contributed by atoms with van der Waals surface area (Å²) in [6.07, 6.45) is 1.50. The van der Waals surface area contributed by atoms with Gasteiger partial charge >= 0.3 is 0 Å². The quantitative estimate of drug-likeness (QED) is 0.665. The predicted octanol–water partition coefficient (Wildman–Crippen LogP) is 2.53. The second-order valence-corrected chi connectivity index (χ2v) is 3.37. The van der Waals surface area contributed by atoms with E-state index in [9.17, 15) is 14.9 Å². The van der Waals surface area contributed by atoms with Gasteiger partial charge in [-0.15, -0.1) is 0 Å². The van der Waals surface area contributed by atoms with Gasteiger partial charge in [-0.3, -0.25) is 19.9 Å². The Morgan fingerprint density at radius 3 is 2.58 bits per heavy atom. The number of rotatable bonds is 2. The van der Waals surface area contributed by atoms with Crippen LogP contribution in [-0.4, -0.2) is 22.9 Å². The minimum atomic E-state index is -0.488. The number of hydrogen-bond donors (Lipinski definition) is 1. The molecule has 0 bridgehead atoms. The number of non-ortho nitro benzene ring substituents is 1. The van der Waals surface area contributed by atoms with E-state index >= 15 is 0 Å². The molecule has 0 spiro atoms. The molecule has 0 saturated carbocycles. The van der Waals surface area contributed by atoms with E-state index in [-0.39, 0.29) is 11.6 Å². The van der Waals surface area contributed by atoms with E-state index in [1.807, 2.05) is 13.8 Å². The zero-order valence-electron chi connectivity index (χ0n) is 11.0. The number of pyridine rings is 1. The Morgan fingerprint density at radius 1 is 1.32 bits per heavy atom. The summed E-state index contributed by atoms with van der Waals surface area (Å²) in [6, 6.07) is 5.90. The van der Waals surface area contributed by atoms with E-state index in [2.05, 4.69) is 10.3 Å². The van der Waals surface area contributed by atoms with Gasteiger partial charge in [0.1, 0.15) is 0 Å². The lowest BCUT2D eigenvalue weighted by atomic mass is 10.1. The van der Waals surface area contributed by atoms with Crippen molar-refractivity contribution in [2.75, 3.05) is 7.05 Å². The van der Waals surface area contributed by atoms with E-state index in [4.69, 9.17) is 0 Å². The maximum atomic E-state index is 11.6. The van der Waals surface area contributed by atoms with Gasteiger partial charge in [-0.25, -0.2) is 0 Å². The first-order valence-corrected chi connectivity index (χ1v) is 5.89. The number of nitrogens with one attached hydrogen (secondary N) is 1. The van der Waals surface area contributed by atoms with Crippen LogP contribution in [0.5, 0.6) is 0 Å². The molecule has 2 rings (SSSR count). The standard InChI is InChI=1S/C11H9N3O3.C2H6/c1-12-11(15)8-4-5-9(14(16)17)7-3-2-6-13-10(7)8;1-2/h2-6H,1H3,(H,12,15);1-2H3. The highest BCUT2D eigenvalue weighted by atomic mass is 16.6. The molecule has 1 heterocycles. The van der Waals surface area contributed by atoms with Crippen LogP contribution in [0.4, 0.5) is 5.69 Å². The SMILES string of the molecule is CC.CNC(=O)c1ccc([N+](=O)[O-])c2cccnc12. The maximum absolute atomic E-state index is 11.6. The van der Waals surface area contributed by atoms with Crippen LogP contribution in [-0.2, 0) is 0 Å². The highest BCUT2D eigenvalue weighted by Gasteiger charge is 2.17. The van der Waals surface area contributed by atoms with Gasteiger partial charge in [-0.05, 0) is 18.2 Å². The van der Waals surface area contributed by atoms with Crippen LogP contribution in [0.25, 0.3) is 10.9 Å². The number of fused-ring (bicyclic) bond motifs is 1. The summed E-state index contributed by atoms with van der Waals surface area (Å²) in [5.41, 5.74) is 0.607. The second kappa shape index (κ2) is 6.44. The molecule has 0 unspecified atom stereocenters. The Bertz CT molecular complexity index is 611. The summed E-state index contributed by atoms with van der Waals surface area (Å²) in [4.78, 5) is 26.0. The van der Waals surface area contributed by atoms with Crippen LogP contribution >= 0.6 is 0 Å². The van der Waals surface area contributed by atoms with Gasteiger partial charge in [0.2, 0.25) is 0 Å². The summed E-state index contributed by atoms with van der Waals surface area (Å²) < 4.78 is 0. The lowest BCUT2D eigenvalue weighted by molar-refractivity contribution is -0.383. The van der Waals surface area contributed by atoms with Gasteiger partial charge in [-0.1, -0.05) is 13.8 Å². The molecule has 0 atom stereocenters. The third-order valence-electron chi connectivity index (χ3n) is 2.42. The zero-order chi connectivity index (χ0) is 14.4. The van der Waals surface area contributed by atoms with Crippen LogP contribution in [0.15, 0.2) is 30.5 Å². The van der Waals surface area contributed by atoms with Gasteiger partial charge in [0, 0.05) is 19.3 Å². The van der Waals surface area contributed by atoms with Crippen molar-refractivity contribution < 1.29 is 9.72 Å². The largest absolute Gasteiger partial charge is 0.355 e.